The summed E-state index contributed by atoms with van der Waals surface area (Å²) in [5, 5.41) is 0.662. The third kappa shape index (κ3) is 3.06. The fourth-order valence-electron chi connectivity index (χ4n) is 1.97. The number of nitrogens with two attached hydrogens (primary N) is 1. The number of anilines is 2. The Balaban J connectivity index is 2.51. The van der Waals surface area contributed by atoms with Crippen LogP contribution in [0.4, 0.5) is 11.4 Å². The lowest BCUT2D eigenvalue weighted by atomic mass is 10.1. The second-order valence-corrected chi connectivity index (χ2v) is 5.30. The van der Waals surface area contributed by atoms with E-state index in [9.17, 15) is 0 Å². The second-order valence-electron chi connectivity index (χ2n) is 4.42. The van der Waals surface area contributed by atoms with Crippen LogP contribution in [0.15, 0.2) is 42.5 Å². The summed E-state index contributed by atoms with van der Waals surface area (Å²) < 4.78 is 0. The molecule has 0 spiro atoms. The predicted octanol–water partition coefficient (Wildman–Crippen LogP) is 4.05. The Morgan fingerprint density at radius 2 is 1.95 bits per heavy atom. The summed E-state index contributed by atoms with van der Waals surface area (Å²) >= 11 is 11.2. The molecule has 98 valence electrons. The van der Waals surface area contributed by atoms with Crippen LogP contribution in [0, 0.1) is 6.92 Å². The van der Waals surface area contributed by atoms with E-state index in [2.05, 4.69) is 19.1 Å². The lowest BCUT2D eigenvalue weighted by molar-refractivity contribution is 1.20. The van der Waals surface area contributed by atoms with Gasteiger partial charge in [-0.15, -0.1) is 0 Å². The quantitative estimate of drug-likeness (QED) is 0.865. The van der Waals surface area contributed by atoms with Crippen LogP contribution in [0.1, 0.15) is 11.1 Å². The zero-order valence-electron chi connectivity index (χ0n) is 10.9. The highest BCUT2D eigenvalue weighted by Gasteiger charge is 2.12. The number of hydrogen-bond donors (Lipinski definition) is 1. The van der Waals surface area contributed by atoms with Crippen LogP contribution in [-0.4, -0.2) is 12.0 Å². The average Bonchev–Trinajstić information content (AvgIpc) is 2.37. The summed E-state index contributed by atoms with van der Waals surface area (Å²) in [5.41, 5.74) is 9.77. The van der Waals surface area contributed by atoms with Gasteiger partial charge in [0.15, 0.2) is 0 Å². The van der Waals surface area contributed by atoms with Gasteiger partial charge in [-0.1, -0.05) is 36.0 Å². The van der Waals surface area contributed by atoms with E-state index in [-0.39, 0.29) is 0 Å². The first-order chi connectivity index (χ1) is 8.99. The molecule has 0 saturated carbocycles. The van der Waals surface area contributed by atoms with Crippen LogP contribution in [0.2, 0.25) is 5.02 Å². The monoisotopic (exact) mass is 290 g/mol. The van der Waals surface area contributed by atoms with Crippen molar-refractivity contribution in [2.24, 2.45) is 5.73 Å². The van der Waals surface area contributed by atoms with Crippen molar-refractivity contribution < 1.29 is 0 Å². The SMILES string of the molecule is Cc1cccc(N(C)c2cc(Cl)ccc2C(N)=S)c1. The Kier molecular flexibility index (Phi) is 4.08. The molecule has 0 aliphatic heterocycles. The molecule has 0 radical (unpaired) electrons. The highest BCUT2D eigenvalue weighted by molar-refractivity contribution is 7.80. The molecule has 0 aromatic heterocycles. The highest BCUT2D eigenvalue weighted by atomic mass is 35.5. The molecule has 0 unspecified atom stereocenters. The first kappa shape index (κ1) is 13.8. The minimum atomic E-state index is 0.367. The number of hydrogen-bond acceptors (Lipinski definition) is 2. The van der Waals surface area contributed by atoms with E-state index >= 15 is 0 Å². The molecular formula is C15H15ClN2S. The van der Waals surface area contributed by atoms with Crippen molar-refractivity contribution in [1.29, 1.82) is 0 Å². The number of rotatable bonds is 3. The summed E-state index contributed by atoms with van der Waals surface area (Å²) in [6, 6.07) is 13.7. The van der Waals surface area contributed by atoms with Crippen molar-refractivity contribution in [1.82, 2.24) is 0 Å². The van der Waals surface area contributed by atoms with Gasteiger partial charge in [0.1, 0.15) is 4.99 Å². The first-order valence-electron chi connectivity index (χ1n) is 5.89. The van der Waals surface area contributed by atoms with Crippen molar-refractivity contribution in [2.45, 2.75) is 6.92 Å². The van der Waals surface area contributed by atoms with Crippen LogP contribution in [0.5, 0.6) is 0 Å². The van der Waals surface area contributed by atoms with Gasteiger partial charge < -0.3 is 10.6 Å². The van der Waals surface area contributed by atoms with Gasteiger partial charge in [-0.2, -0.15) is 0 Å². The molecule has 0 saturated heterocycles. The summed E-state index contributed by atoms with van der Waals surface area (Å²) in [6.45, 7) is 2.06. The molecule has 0 aliphatic rings. The van der Waals surface area contributed by atoms with Crippen LogP contribution < -0.4 is 10.6 Å². The molecule has 2 rings (SSSR count). The Morgan fingerprint density at radius 1 is 1.21 bits per heavy atom. The van der Waals surface area contributed by atoms with Gasteiger partial charge in [0.25, 0.3) is 0 Å². The predicted molar refractivity (Wildman–Crippen MR) is 86.6 cm³/mol. The second kappa shape index (κ2) is 5.59. The Bertz CT molecular complexity index is 625. The molecule has 2 N–H and O–H groups in total. The zero-order valence-corrected chi connectivity index (χ0v) is 12.4. The highest BCUT2D eigenvalue weighted by Crippen LogP contribution is 2.30. The van der Waals surface area contributed by atoms with E-state index < -0.39 is 0 Å². The summed E-state index contributed by atoms with van der Waals surface area (Å²) in [6.07, 6.45) is 0. The number of halogens is 1. The van der Waals surface area contributed by atoms with Crippen LogP contribution in [0.25, 0.3) is 0 Å². The van der Waals surface area contributed by atoms with E-state index in [4.69, 9.17) is 29.6 Å². The number of benzene rings is 2. The normalized spacial score (nSPS) is 10.3. The maximum absolute atomic E-state index is 6.07. The Hall–Kier alpha value is -1.58. The largest absolute Gasteiger partial charge is 0.389 e. The molecule has 2 aromatic rings. The van der Waals surface area contributed by atoms with Gasteiger partial charge in [0, 0.05) is 23.3 Å². The van der Waals surface area contributed by atoms with Gasteiger partial charge in [0.05, 0.1) is 5.69 Å². The van der Waals surface area contributed by atoms with Crippen molar-refractivity contribution in [3.05, 3.63) is 58.6 Å². The van der Waals surface area contributed by atoms with Gasteiger partial charge in [-0.25, -0.2) is 0 Å². The third-order valence-electron chi connectivity index (χ3n) is 2.98. The molecule has 0 heterocycles. The number of aryl methyl sites for hydroxylation is 1. The molecular weight excluding hydrogens is 276 g/mol. The fourth-order valence-corrected chi connectivity index (χ4v) is 2.31. The van der Waals surface area contributed by atoms with Gasteiger partial charge in [0.2, 0.25) is 0 Å². The van der Waals surface area contributed by atoms with E-state index in [1.165, 1.54) is 5.56 Å². The van der Waals surface area contributed by atoms with Crippen molar-refractivity contribution in [2.75, 3.05) is 11.9 Å². The molecule has 0 amide bonds. The average molecular weight is 291 g/mol. The van der Waals surface area contributed by atoms with Crippen molar-refractivity contribution in [3.63, 3.8) is 0 Å². The lowest BCUT2D eigenvalue weighted by Crippen LogP contribution is -2.17. The molecule has 0 fully saturated rings. The van der Waals surface area contributed by atoms with Gasteiger partial charge in [-0.05, 0) is 42.8 Å². The number of nitrogens with zero attached hydrogens (tertiary/aromatic N) is 1. The molecule has 2 nitrogen and oxygen atoms in total. The molecule has 19 heavy (non-hydrogen) atoms. The zero-order chi connectivity index (χ0) is 14.0. The van der Waals surface area contributed by atoms with Crippen LogP contribution >= 0.6 is 23.8 Å². The first-order valence-corrected chi connectivity index (χ1v) is 6.67. The minimum absolute atomic E-state index is 0.367. The van der Waals surface area contributed by atoms with E-state index in [0.29, 0.717) is 10.0 Å². The number of thiocarbonyl (C=S) groups is 1. The fraction of sp³-hybridized carbons (Fsp3) is 0.133. The van der Waals surface area contributed by atoms with E-state index in [0.717, 1.165) is 16.9 Å². The summed E-state index contributed by atoms with van der Waals surface area (Å²) in [7, 11) is 1.97. The molecule has 2 aromatic carbocycles. The van der Waals surface area contributed by atoms with E-state index in [1.54, 1.807) is 6.07 Å². The standard InChI is InChI=1S/C15H15ClN2S/c1-10-4-3-5-12(8-10)18(2)14-9-11(16)6-7-13(14)15(17)19/h3-9H,1-2H3,(H2,17,19). The molecule has 0 aliphatic carbocycles. The minimum Gasteiger partial charge on any atom is -0.389 e. The maximum atomic E-state index is 6.07. The molecule has 4 heteroatoms. The molecule has 0 atom stereocenters. The maximum Gasteiger partial charge on any atom is 0.106 e. The lowest BCUT2D eigenvalue weighted by Gasteiger charge is -2.23. The topological polar surface area (TPSA) is 29.3 Å². The van der Waals surface area contributed by atoms with Crippen LogP contribution in [0.3, 0.4) is 0 Å². The Morgan fingerprint density at radius 3 is 2.58 bits per heavy atom. The van der Waals surface area contributed by atoms with Crippen molar-refractivity contribution in [3.8, 4) is 0 Å². The smallest absolute Gasteiger partial charge is 0.106 e. The van der Waals surface area contributed by atoms with Gasteiger partial charge in [-0.3, -0.25) is 0 Å². The van der Waals surface area contributed by atoms with E-state index in [1.807, 2.05) is 36.2 Å². The van der Waals surface area contributed by atoms with Crippen molar-refractivity contribution >= 4 is 40.2 Å². The molecule has 0 bridgehead atoms. The summed E-state index contributed by atoms with van der Waals surface area (Å²) in [4.78, 5) is 2.40. The van der Waals surface area contributed by atoms with Crippen LogP contribution in [-0.2, 0) is 0 Å². The summed E-state index contributed by atoms with van der Waals surface area (Å²) in [5.74, 6) is 0. The Labute approximate surface area is 123 Å². The third-order valence-corrected chi connectivity index (χ3v) is 3.43. The van der Waals surface area contributed by atoms with Gasteiger partial charge >= 0.3 is 0 Å².